The van der Waals surface area contributed by atoms with E-state index >= 15 is 0 Å². The summed E-state index contributed by atoms with van der Waals surface area (Å²) in [6.45, 7) is 7.03. The third kappa shape index (κ3) is 7.40. The number of nitrogens with two attached hydrogens (primary N) is 1. The number of carboxylic acids is 2. The molecule has 0 aromatic heterocycles. The van der Waals surface area contributed by atoms with E-state index in [9.17, 15) is 9.59 Å². The van der Waals surface area contributed by atoms with Gasteiger partial charge in [-0.25, -0.2) is 9.59 Å². The quantitative estimate of drug-likeness (QED) is 0.509. The number of hydrogen-bond acceptors (Lipinski definition) is 5. The van der Waals surface area contributed by atoms with Gasteiger partial charge in [-0.1, -0.05) is 20.8 Å². The van der Waals surface area contributed by atoms with Crippen molar-refractivity contribution in [3.05, 3.63) is 0 Å². The van der Waals surface area contributed by atoms with Gasteiger partial charge in [0.05, 0.1) is 0 Å². The summed E-state index contributed by atoms with van der Waals surface area (Å²) in [5.74, 6) is -2.63. The molecule has 0 aromatic rings. The van der Waals surface area contributed by atoms with Crippen LogP contribution in [0.3, 0.4) is 0 Å². The summed E-state index contributed by atoms with van der Waals surface area (Å²) in [5.41, 5.74) is 6.34. The predicted molar refractivity (Wildman–Crippen MR) is 76.7 cm³/mol. The maximum atomic E-state index is 9.77. The van der Waals surface area contributed by atoms with E-state index in [4.69, 9.17) is 26.2 Å². The zero-order chi connectivity index (χ0) is 16.8. The molecule has 0 spiro atoms. The number of hydrogen-bond donors (Lipinski definition) is 5. The lowest BCUT2D eigenvalue weighted by Gasteiger charge is -2.35. The van der Waals surface area contributed by atoms with Crippen LogP contribution in [0.2, 0.25) is 0 Å². The minimum absolute atomic E-state index is 0.494. The van der Waals surface area contributed by atoms with Crippen LogP contribution in [0.1, 0.15) is 46.5 Å². The summed E-state index contributed by atoms with van der Waals surface area (Å²) >= 11 is 0. The molecule has 7 nitrogen and oxygen atoms in total. The highest BCUT2D eigenvalue weighted by molar-refractivity contribution is 5.83. The molecule has 0 radical (unpaired) electrons. The molecule has 2 atom stereocenters. The number of rotatable bonds is 3. The van der Waals surface area contributed by atoms with Crippen LogP contribution in [0.4, 0.5) is 0 Å². The maximum absolute atomic E-state index is 9.77. The second-order valence-electron chi connectivity index (χ2n) is 6.54. The van der Waals surface area contributed by atoms with Crippen molar-refractivity contribution >= 4 is 11.9 Å². The van der Waals surface area contributed by atoms with Crippen molar-refractivity contribution in [2.75, 3.05) is 0 Å². The minimum Gasteiger partial charge on any atom is -0.479 e. The van der Waals surface area contributed by atoms with Gasteiger partial charge in [0.2, 0.25) is 0 Å². The van der Waals surface area contributed by atoms with Gasteiger partial charge >= 0.3 is 11.9 Å². The molecule has 124 valence electrons. The molecular weight excluding hydrogens is 278 g/mol. The van der Waals surface area contributed by atoms with Crippen molar-refractivity contribution in [3.8, 4) is 0 Å². The summed E-state index contributed by atoms with van der Waals surface area (Å²) in [4.78, 5) is 19.5. The fourth-order valence-corrected chi connectivity index (χ4v) is 2.26. The third-order valence-electron chi connectivity index (χ3n) is 3.80. The summed E-state index contributed by atoms with van der Waals surface area (Å²) < 4.78 is 0. The molecule has 1 saturated carbocycles. The summed E-state index contributed by atoms with van der Waals surface area (Å²) in [6, 6.07) is 0.494. The molecule has 1 rings (SSSR count). The minimum atomic E-state index is -2.27. The summed E-state index contributed by atoms with van der Waals surface area (Å²) in [5, 5.41) is 32.5. The highest BCUT2D eigenvalue weighted by atomic mass is 16.4. The Labute approximate surface area is 124 Å². The van der Waals surface area contributed by atoms with Crippen LogP contribution in [0.15, 0.2) is 0 Å². The van der Waals surface area contributed by atoms with Gasteiger partial charge in [-0.2, -0.15) is 0 Å². The Bertz CT molecular complexity index is 326. The first-order valence-corrected chi connectivity index (χ1v) is 7.04. The smallest absolute Gasteiger partial charge is 0.335 e. The van der Waals surface area contributed by atoms with Crippen molar-refractivity contribution in [1.29, 1.82) is 0 Å². The van der Waals surface area contributed by atoms with Crippen LogP contribution in [-0.2, 0) is 9.59 Å². The lowest BCUT2D eigenvalue weighted by molar-refractivity contribution is -0.165. The zero-order valence-electron chi connectivity index (χ0n) is 12.8. The molecule has 1 fully saturated rings. The van der Waals surface area contributed by atoms with Crippen molar-refractivity contribution in [3.63, 3.8) is 0 Å². The van der Waals surface area contributed by atoms with E-state index in [0.717, 1.165) is 5.92 Å². The van der Waals surface area contributed by atoms with Crippen LogP contribution in [0, 0.1) is 11.3 Å². The van der Waals surface area contributed by atoms with Crippen LogP contribution in [0.25, 0.3) is 0 Å². The lowest BCUT2D eigenvalue weighted by atomic mass is 9.71. The Hall–Kier alpha value is -1.18. The van der Waals surface area contributed by atoms with Gasteiger partial charge in [0, 0.05) is 6.04 Å². The van der Waals surface area contributed by atoms with Gasteiger partial charge in [-0.15, -0.1) is 0 Å². The van der Waals surface area contributed by atoms with Gasteiger partial charge in [-0.05, 0) is 37.0 Å². The molecule has 7 heteroatoms. The number of aliphatic carboxylic acids is 2. The van der Waals surface area contributed by atoms with E-state index < -0.39 is 24.1 Å². The Balaban J connectivity index is 0.000000384. The van der Waals surface area contributed by atoms with E-state index in [1.807, 2.05) is 0 Å². The van der Waals surface area contributed by atoms with E-state index in [2.05, 4.69) is 20.8 Å². The molecule has 0 saturated heterocycles. The first-order chi connectivity index (χ1) is 9.46. The predicted octanol–water partition coefficient (Wildman–Crippen LogP) is 0.427. The number of aliphatic hydroxyl groups is 2. The van der Waals surface area contributed by atoms with Crippen molar-refractivity contribution in [2.45, 2.75) is 64.7 Å². The number of carboxylic acid groups (broad SMARTS) is 2. The second kappa shape index (κ2) is 8.31. The summed E-state index contributed by atoms with van der Waals surface area (Å²) in [6.07, 6.45) is 0.620. The maximum Gasteiger partial charge on any atom is 0.335 e. The SMILES string of the molecule is CC(C)(C)C1CCC(N)CC1.O=C(O)C(O)C(O)C(=O)O. The van der Waals surface area contributed by atoms with Crippen molar-refractivity contribution < 1.29 is 30.0 Å². The van der Waals surface area contributed by atoms with Crippen molar-refractivity contribution in [1.82, 2.24) is 0 Å². The first kappa shape index (κ1) is 19.8. The van der Waals surface area contributed by atoms with E-state index in [0.29, 0.717) is 11.5 Å². The Morgan fingerprint density at radius 3 is 1.52 bits per heavy atom. The highest BCUT2D eigenvalue weighted by Gasteiger charge is 2.29. The van der Waals surface area contributed by atoms with Crippen LogP contribution < -0.4 is 5.73 Å². The van der Waals surface area contributed by atoms with Crippen molar-refractivity contribution in [2.24, 2.45) is 17.1 Å². The Morgan fingerprint density at radius 1 is 0.952 bits per heavy atom. The molecule has 0 amide bonds. The Kier molecular flexibility index (Phi) is 7.84. The molecule has 1 aliphatic carbocycles. The molecule has 1 aliphatic rings. The average Bonchev–Trinajstić information content (AvgIpc) is 2.36. The molecule has 0 bridgehead atoms. The average molecular weight is 305 g/mol. The summed E-state index contributed by atoms with van der Waals surface area (Å²) in [7, 11) is 0. The topological polar surface area (TPSA) is 141 Å². The van der Waals surface area contributed by atoms with Gasteiger partial charge in [-0.3, -0.25) is 0 Å². The van der Waals surface area contributed by atoms with E-state index in [1.54, 1.807) is 0 Å². The van der Waals surface area contributed by atoms with Gasteiger partial charge in [0.1, 0.15) is 0 Å². The normalized spacial score (nSPS) is 25.2. The first-order valence-electron chi connectivity index (χ1n) is 7.04. The lowest BCUT2D eigenvalue weighted by Crippen LogP contribution is -2.39. The fraction of sp³-hybridized carbons (Fsp3) is 0.857. The zero-order valence-corrected chi connectivity index (χ0v) is 12.8. The number of carbonyl (C=O) groups is 2. The molecule has 2 unspecified atom stereocenters. The molecule has 0 heterocycles. The van der Waals surface area contributed by atoms with Gasteiger partial charge in [0.15, 0.2) is 12.2 Å². The molecule has 21 heavy (non-hydrogen) atoms. The molecule has 0 aliphatic heterocycles. The molecule has 0 aromatic carbocycles. The number of aliphatic hydroxyl groups excluding tert-OH is 2. The largest absolute Gasteiger partial charge is 0.479 e. The van der Waals surface area contributed by atoms with E-state index in [1.165, 1.54) is 25.7 Å². The fourth-order valence-electron chi connectivity index (χ4n) is 2.26. The highest BCUT2D eigenvalue weighted by Crippen LogP contribution is 2.37. The standard InChI is InChI=1S/C10H21N.C4H6O6/c1-10(2,3)8-4-6-9(11)7-5-8;5-1(3(7)8)2(6)4(9)10/h8-9H,4-7,11H2,1-3H3;1-2,5-6H,(H,7,8)(H,9,10). The monoisotopic (exact) mass is 305 g/mol. The molecular formula is C14H27NO6. The van der Waals surface area contributed by atoms with Crippen LogP contribution in [-0.4, -0.2) is 50.6 Å². The van der Waals surface area contributed by atoms with Crippen LogP contribution in [0.5, 0.6) is 0 Å². The van der Waals surface area contributed by atoms with E-state index in [-0.39, 0.29) is 0 Å². The molecule has 6 N–H and O–H groups in total. The third-order valence-corrected chi connectivity index (χ3v) is 3.80. The second-order valence-corrected chi connectivity index (χ2v) is 6.54. The van der Waals surface area contributed by atoms with Gasteiger partial charge < -0.3 is 26.2 Å². The Morgan fingerprint density at radius 2 is 1.29 bits per heavy atom. The van der Waals surface area contributed by atoms with Gasteiger partial charge in [0.25, 0.3) is 0 Å². The van der Waals surface area contributed by atoms with Crippen LogP contribution >= 0.6 is 0 Å².